The minimum Gasteiger partial charge on any atom is -0.330 e. The molecule has 0 unspecified atom stereocenters. The molecule has 0 spiro atoms. The average molecular weight is 210 g/mol. The summed E-state index contributed by atoms with van der Waals surface area (Å²) in [6.07, 6.45) is 6.57. The molecule has 0 amide bonds. The second kappa shape index (κ2) is 6.56. The Kier molecular flexibility index (Phi) is 5.32. The first-order valence-corrected chi connectivity index (χ1v) is 5.86. The van der Waals surface area contributed by atoms with Crippen molar-refractivity contribution < 1.29 is 0 Å². The second-order valence-corrected chi connectivity index (χ2v) is 3.92. The highest BCUT2D eigenvalue weighted by Crippen LogP contribution is 2.05. The van der Waals surface area contributed by atoms with E-state index in [9.17, 15) is 0 Å². The van der Waals surface area contributed by atoms with E-state index in [0.29, 0.717) is 0 Å². The van der Waals surface area contributed by atoms with Gasteiger partial charge in [0.25, 0.3) is 0 Å². The minimum absolute atomic E-state index is 0.792. The first-order valence-electron chi connectivity index (χ1n) is 5.86. The molecule has 1 aromatic rings. The third-order valence-corrected chi connectivity index (χ3v) is 2.48. The summed E-state index contributed by atoms with van der Waals surface area (Å²) < 4.78 is 1.91. The molecule has 86 valence electrons. The van der Waals surface area contributed by atoms with E-state index in [4.69, 9.17) is 5.73 Å². The fourth-order valence-electron chi connectivity index (χ4n) is 1.63. The number of nitrogens with two attached hydrogens (primary N) is 1. The van der Waals surface area contributed by atoms with Crippen LogP contribution in [-0.4, -0.2) is 21.3 Å². The molecule has 0 aliphatic heterocycles. The van der Waals surface area contributed by atoms with E-state index in [1.165, 1.54) is 6.42 Å². The standard InChI is InChI=1S/C11H22N4/c1-3-7-10-13-11(15(2)14-10)8-5-4-6-9-12/h3-9,12H2,1-2H3. The lowest BCUT2D eigenvalue weighted by Crippen LogP contribution is -2.01. The lowest BCUT2D eigenvalue weighted by atomic mass is 10.2. The summed E-state index contributed by atoms with van der Waals surface area (Å²) in [4.78, 5) is 4.52. The average Bonchev–Trinajstić information content (AvgIpc) is 2.55. The second-order valence-electron chi connectivity index (χ2n) is 3.92. The highest BCUT2D eigenvalue weighted by Gasteiger charge is 2.05. The monoisotopic (exact) mass is 210 g/mol. The van der Waals surface area contributed by atoms with Crippen LogP contribution in [0.5, 0.6) is 0 Å². The van der Waals surface area contributed by atoms with Crippen LogP contribution < -0.4 is 5.73 Å². The molecule has 0 aliphatic carbocycles. The van der Waals surface area contributed by atoms with Crippen molar-refractivity contribution >= 4 is 0 Å². The van der Waals surface area contributed by atoms with Crippen LogP contribution in [0, 0.1) is 0 Å². The Morgan fingerprint density at radius 1 is 1.20 bits per heavy atom. The van der Waals surface area contributed by atoms with Gasteiger partial charge in [0.1, 0.15) is 5.82 Å². The zero-order valence-corrected chi connectivity index (χ0v) is 9.87. The summed E-state index contributed by atoms with van der Waals surface area (Å²) in [6.45, 7) is 2.94. The molecule has 0 fully saturated rings. The summed E-state index contributed by atoms with van der Waals surface area (Å²) >= 11 is 0. The zero-order chi connectivity index (χ0) is 11.1. The maximum absolute atomic E-state index is 5.45. The van der Waals surface area contributed by atoms with E-state index in [0.717, 1.165) is 50.3 Å². The molecular formula is C11H22N4. The van der Waals surface area contributed by atoms with E-state index in [-0.39, 0.29) is 0 Å². The first kappa shape index (κ1) is 12.2. The Balaban J connectivity index is 2.39. The molecule has 4 heteroatoms. The van der Waals surface area contributed by atoms with Crippen molar-refractivity contribution in [2.45, 2.75) is 45.4 Å². The first-order chi connectivity index (χ1) is 7.27. The number of nitrogens with zero attached hydrogens (tertiary/aromatic N) is 3. The Morgan fingerprint density at radius 2 is 2.00 bits per heavy atom. The molecule has 0 radical (unpaired) electrons. The van der Waals surface area contributed by atoms with E-state index < -0.39 is 0 Å². The Bertz CT molecular complexity index is 280. The summed E-state index contributed by atoms with van der Waals surface area (Å²) in [5.74, 6) is 2.09. The Hall–Kier alpha value is -0.900. The normalized spacial score (nSPS) is 10.9. The van der Waals surface area contributed by atoms with Crippen LogP contribution in [0.25, 0.3) is 0 Å². The number of rotatable bonds is 7. The maximum Gasteiger partial charge on any atom is 0.150 e. The van der Waals surface area contributed by atoms with Crippen LogP contribution in [-0.2, 0) is 19.9 Å². The van der Waals surface area contributed by atoms with Crippen molar-refractivity contribution in [2.24, 2.45) is 12.8 Å². The third-order valence-electron chi connectivity index (χ3n) is 2.48. The van der Waals surface area contributed by atoms with Crippen molar-refractivity contribution in [3.63, 3.8) is 0 Å². The van der Waals surface area contributed by atoms with Crippen molar-refractivity contribution in [3.8, 4) is 0 Å². The summed E-state index contributed by atoms with van der Waals surface area (Å²) in [7, 11) is 1.98. The highest BCUT2D eigenvalue weighted by molar-refractivity contribution is 4.92. The smallest absolute Gasteiger partial charge is 0.150 e. The van der Waals surface area contributed by atoms with Gasteiger partial charge in [-0.1, -0.05) is 13.3 Å². The van der Waals surface area contributed by atoms with Crippen molar-refractivity contribution in [1.29, 1.82) is 0 Å². The fourth-order valence-corrected chi connectivity index (χ4v) is 1.63. The van der Waals surface area contributed by atoms with E-state index in [2.05, 4.69) is 17.0 Å². The summed E-state index contributed by atoms with van der Waals surface area (Å²) in [5, 5.41) is 4.38. The van der Waals surface area contributed by atoms with Crippen LogP contribution >= 0.6 is 0 Å². The fraction of sp³-hybridized carbons (Fsp3) is 0.818. The number of aryl methyl sites for hydroxylation is 3. The van der Waals surface area contributed by atoms with Gasteiger partial charge in [-0.15, -0.1) is 0 Å². The SMILES string of the molecule is CCCc1nc(CCCCCN)n(C)n1. The molecule has 0 bridgehead atoms. The van der Waals surface area contributed by atoms with Gasteiger partial charge in [0, 0.05) is 19.9 Å². The van der Waals surface area contributed by atoms with Crippen molar-refractivity contribution in [2.75, 3.05) is 6.54 Å². The molecule has 4 nitrogen and oxygen atoms in total. The predicted molar refractivity (Wildman–Crippen MR) is 61.6 cm³/mol. The molecule has 1 aromatic heterocycles. The predicted octanol–water partition coefficient (Wildman–Crippen LogP) is 1.44. The van der Waals surface area contributed by atoms with Gasteiger partial charge < -0.3 is 5.73 Å². The lowest BCUT2D eigenvalue weighted by Gasteiger charge is -1.98. The van der Waals surface area contributed by atoms with Crippen LogP contribution in [0.3, 0.4) is 0 Å². The van der Waals surface area contributed by atoms with Gasteiger partial charge in [-0.05, 0) is 25.8 Å². The Labute approximate surface area is 91.9 Å². The van der Waals surface area contributed by atoms with Gasteiger partial charge in [0.2, 0.25) is 0 Å². The quantitative estimate of drug-likeness (QED) is 0.693. The summed E-state index contributed by atoms with van der Waals surface area (Å²) in [6, 6.07) is 0. The number of hydrogen-bond acceptors (Lipinski definition) is 3. The van der Waals surface area contributed by atoms with E-state index >= 15 is 0 Å². The van der Waals surface area contributed by atoms with E-state index in [1.54, 1.807) is 0 Å². The van der Waals surface area contributed by atoms with Gasteiger partial charge in [-0.25, -0.2) is 4.98 Å². The molecule has 0 saturated carbocycles. The molecule has 1 heterocycles. The molecule has 15 heavy (non-hydrogen) atoms. The molecule has 2 N–H and O–H groups in total. The summed E-state index contributed by atoms with van der Waals surface area (Å²) in [5.41, 5.74) is 5.45. The van der Waals surface area contributed by atoms with Crippen LogP contribution in [0.15, 0.2) is 0 Å². The third kappa shape index (κ3) is 4.00. The minimum atomic E-state index is 0.792. The number of aromatic nitrogens is 3. The molecule has 0 aliphatic rings. The van der Waals surface area contributed by atoms with Gasteiger partial charge in [0.05, 0.1) is 0 Å². The molecule has 0 atom stereocenters. The van der Waals surface area contributed by atoms with Crippen molar-refractivity contribution in [3.05, 3.63) is 11.6 Å². The number of unbranched alkanes of at least 4 members (excludes halogenated alkanes) is 2. The van der Waals surface area contributed by atoms with Crippen LogP contribution in [0.2, 0.25) is 0 Å². The molecular weight excluding hydrogens is 188 g/mol. The van der Waals surface area contributed by atoms with E-state index in [1.807, 2.05) is 11.7 Å². The lowest BCUT2D eigenvalue weighted by molar-refractivity contribution is 0.630. The zero-order valence-electron chi connectivity index (χ0n) is 9.87. The molecule has 0 saturated heterocycles. The van der Waals surface area contributed by atoms with Crippen LogP contribution in [0.4, 0.5) is 0 Å². The van der Waals surface area contributed by atoms with Gasteiger partial charge in [-0.2, -0.15) is 5.10 Å². The van der Waals surface area contributed by atoms with Gasteiger partial charge in [-0.3, -0.25) is 4.68 Å². The highest BCUT2D eigenvalue weighted by atomic mass is 15.3. The van der Waals surface area contributed by atoms with Crippen LogP contribution in [0.1, 0.15) is 44.3 Å². The largest absolute Gasteiger partial charge is 0.330 e. The van der Waals surface area contributed by atoms with Gasteiger partial charge >= 0.3 is 0 Å². The van der Waals surface area contributed by atoms with Crippen molar-refractivity contribution in [1.82, 2.24) is 14.8 Å². The molecule has 0 aromatic carbocycles. The molecule has 1 rings (SSSR count). The topological polar surface area (TPSA) is 56.7 Å². The number of hydrogen-bond donors (Lipinski definition) is 1. The van der Waals surface area contributed by atoms with Gasteiger partial charge in [0.15, 0.2) is 5.82 Å². The maximum atomic E-state index is 5.45. The Morgan fingerprint density at radius 3 is 2.67 bits per heavy atom.